The highest BCUT2D eigenvalue weighted by Gasteiger charge is 2.27. The third kappa shape index (κ3) is 4.11. The van der Waals surface area contributed by atoms with Gasteiger partial charge in [0.25, 0.3) is 5.91 Å². The molecular weight excluding hydrogens is 341 g/mol. The van der Waals surface area contributed by atoms with Gasteiger partial charge in [0.2, 0.25) is 0 Å². The van der Waals surface area contributed by atoms with Crippen molar-refractivity contribution in [2.75, 3.05) is 27.4 Å². The third-order valence-corrected chi connectivity index (χ3v) is 4.88. The molecule has 0 bridgehead atoms. The lowest BCUT2D eigenvalue weighted by molar-refractivity contribution is 0.0707. The first-order valence-corrected chi connectivity index (χ1v) is 8.98. The van der Waals surface area contributed by atoms with Crippen molar-refractivity contribution in [1.82, 2.24) is 4.90 Å². The standard InChI is InChI=1S/C21H24BNO4/c1-13-9-15(22)10-14(2)20(13)27-17-5-6-19(25-4)18(11-17)21(24)23(3)16-7-8-26-12-16/h5-6,9-11,16H,7-8,12H2,1-4H3. The van der Waals surface area contributed by atoms with Crippen LogP contribution in [0.2, 0.25) is 0 Å². The number of likely N-dealkylation sites (N-methyl/N-ethyl adjacent to an activating group) is 1. The molecule has 0 N–H and O–H groups in total. The fourth-order valence-electron chi connectivity index (χ4n) is 3.36. The molecule has 1 aliphatic heterocycles. The van der Waals surface area contributed by atoms with Crippen LogP contribution in [-0.4, -0.2) is 52.1 Å². The molecular formula is C21H24BNO4. The van der Waals surface area contributed by atoms with Crippen molar-refractivity contribution >= 4 is 19.2 Å². The molecule has 1 heterocycles. The number of benzene rings is 2. The molecule has 3 rings (SSSR count). The number of hydrogen-bond donors (Lipinski definition) is 0. The van der Waals surface area contributed by atoms with E-state index in [1.54, 1.807) is 37.3 Å². The molecule has 0 aliphatic carbocycles. The summed E-state index contributed by atoms with van der Waals surface area (Å²) in [6.07, 6.45) is 0.838. The Morgan fingerprint density at radius 1 is 1.22 bits per heavy atom. The van der Waals surface area contributed by atoms with E-state index in [1.165, 1.54) is 0 Å². The largest absolute Gasteiger partial charge is 0.496 e. The second-order valence-electron chi connectivity index (χ2n) is 6.88. The molecule has 2 aromatic carbocycles. The summed E-state index contributed by atoms with van der Waals surface area (Å²) in [6, 6.07) is 9.08. The van der Waals surface area contributed by atoms with E-state index in [0.29, 0.717) is 35.7 Å². The topological polar surface area (TPSA) is 48.0 Å². The Morgan fingerprint density at radius 2 is 1.93 bits per heavy atom. The smallest absolute Gasteiger partial charge is 0.257 e. The van der Waals surface area contributed by atoms with Gasteiger partial charge in [0.1, 0.15) is 25.1 Å². The zero-order valence-electron chi connectivity index (χ0n) is 16.2. The van der Waals surface area contributed by atoms with Gasteiger partial charge in [-0.15, -0.1) is 0 Å². The van der Waals surface area contributed by atoms with Gasteiger partial charge in [-0.3, -0.25) is 4.79 Å². The highest BCUT2D eigenvalue weighted by molar-refractivity contribution is 6.32. The summed E-state index contributed by atoms with van der Waals surface area (Å²) in [4.78, 5) is 14.7. The molecule has 6 heteroatoms. The van der Waals surface area contributed by atoms with Gasteiger partial charge in [0, 0.05) is 13.7 Å². The zero-order chi connectivity index (χ0) is 19.6. The van der Waals surface area contributed by atoms with Gasteiger partial charge in [0.15, 0.2) is 0 Å². The summed E-state index contributed by atoms with van der Waals surface area (Å²) in [7, 11) is 9.23. The molecule has 2 radical (unpaired) electrons. The van der Waals surface area contributed by atoms with Crippen LogP contribution in [0.1, 0.15) is 27.9 Å². The summed E-state index contributed by atoms with van der Waals surface area (Å²) in [5, 5.41) is 0. The monoisotopic (exact) mass is 365 g/mol. The van der Waals surface area contributed by atoms with Crippen LogP contribution in [0.15, 0.2) is 30.3 Å². The Labute approximate surface area is 161 Å². The van der Waals surface area contributed by atoms with E-state index in [1.807, 2.05) is 26.0 Å². The Kier molecular flexibility index (Phi) is 5.75. The molecule has 1 unspecified atom stereocenters. The van der Waals surface area contributed by atoms with Crippen LogP contribution in [0.3, 0.4) is 0 Å². The van der Waals surface area contributed by atoms with Crippen LogP contribution < -0.4 is 14.9 Å². The first-order valence-electron chi connectivity index (χ1n) is 8.98. The average molecular weight is 365 g/mol. The minimum atomic E-state index is -0.112. The summed E-state index contributed by atoms with van der Waals surface area (Å²) in [6.45, 7) is 5.13. The van der Waals surface area contributed by atoms with Crippen LogP contribution in [-0.2, 0) is 4.74 Å². The third-order valence-electron chi connectivity index (χ3n) is 4.88. The van der Waals surface area contributed by atoms with Crippen molar-refractivity contribution in [2.24, 2.45) is 0 Å². The van der Waals surface area contributed by atoms with Crippen molar-refractivity contribution in [3.63, 3.8) is 0 Å². The maximum absolute atomic E-state index is 13.0. The predicted octanol–water partition coefficient (Wildman–Crippen LogP) is 2.76. The molecule has 140 valence electrons. The Balaban J connectivity index is 1.90. The van der Waals surface area contributed by atoms with E-state index >= 15 is 0 Å². The SMILES string of the molecule is [B]c1cc(C)c(Oc2ccc(OC)c(C(=O)N(C)C3CCOC3)c2)c(C)c1. The maximum atomic E-state index is 13.0. The summed E-state index contributed by atoms with van der Waals surface area (Å²) >= 11 is 0. The molecule has 27 heavy (non-hydrogen) atoms. The van der Waals surface area contributed by atoms with Crippen molar-refractivity contribution in [2.45, 2.75) is 26.3 Å². The van der Waals surface area contributed by atoms with Gasteiger partial charge >= 0.3 is 0 Å². The minimum Gasteiger partial charge on any atom is -0.496 e. The quantitative estimate of drug-likeness (QED) is 0.765. The number of hydrogen-bond acceptors (Lipinski definition) is 4. The highest BCUT2D eigenvalue weighted by atomic mass is 16.5. The van der Waals surface area contributed by atoms with E-state index in [9.17, 15) is 4.79 Å². The number of carbonyl (C=O) groups is 1. The number of nitrogens with zero attached hydrogens (tertiary/aromatic N) is 1. The van der Waals surface area contributed by atoms with E-state index < -0.39 is 0 Å². The molecule has 1 aliphatic rings. The number of methoxy groups -OCH3 is 1. The molecule has 1 saturated heterocycles. The van der Waals surface area contributed by atoms with Crippen LogP contribution in [0.5, 0.6) is 17.2 Å². The van der Waals surface area contributed by atoms with Crippen LogP contribution >= 0.6 is 0 Å². The van der Waals surface area contributed by atoms with E-state index in [-0.39, 0.29) is 11.9 Å². The van der Waals surface area contributed by atoms with Gasteiger partial charge in [-0.05, 0) is 49.6 Å². The van der Waals surface area contributed by atoms with Gasteiger partial charge in [-0.1, -0.05) is 17.6 Å². The van der Waals surface area contributed by atoms with Gasteiger partial charge in [-0.2, -0.15) is 0 Å². The fourth-order valence-corrected chi connectivity index (χ4v) is 3.36. The molecule has 5 nitrogen and oxygen atoms in total. The first kappa shape index (κ1) is 19.3. The first-order chi connectivity index (χ1) is 12.9. The molecule has 1 amide bonds. The van der Waals surface area contributed by atoms with Gasteiger partial charge in [-0.25, -0.2) is 0 Å². The summed E-state index contributed by atoms with van der Waals surface area (Å²) in [5.74, 6) is 1.72. The normalized spacial score (nSPS) is 16.2. The Morgan fingerprint density at radius 3 is 2.52 bits per heavy atom. The summed E-state index contributed by atoms with van der Waals surface area (Å²) in [5.41, 5.74) is 3.05. The number of amides is 1. The predicted molar refractivity (Wildman–Crippen MR) is 106 cm³/mol. The van der Waals surface area contributed by atoms with Crippen LogP contribution in [0, 0.1) is 13.8 Å². The van der Waals surface area contributed by atoms with Crippen molar-refractivity contribution in [3.05, 3.63) is 47.0 Å². The minimum absolute atomic E-state index is 0.0772. The lowest BCUT2D eigenvalue weighted by Gasteiger charge is -2.24. The number of ether oxygens (including phenoxy) is 3. The number of rotatable bonds is 5. The fraction of sp³-hybridized carbons (Fsp3) is 0.381. The van der Waals surface area contributed by atoms with E-state index in [2.05, 4.69) is 0 Å². The second-order valence-corrected chi connectivity index (χ2v) is 6.88. The molecule has 0 aromatic heterocycles. The van der Waals surface area contributed by atoms with Gasteiger partial charge < -0.3 is 19.1 Å². The second kappa shape index (κ2) is 8.05. The van der Waals surface area contributed by atoms with Gasteiger partial charge in [0.05, 0.1) is 25.3 Å². The van der Waals surface area contributed by atoms with Crippen molar-refractivity contribution in [1.29, 1.82) is 0 Å². The number of carbonyl (C=O) groups excluding carboxylic acids is 1. The van der Waals surface area contributed by atoms with E-state index in [4.69, 9.17) is 22.1 Å². The van der Waals surface area contributed by atoms with Crippen molar-refractivity contribution in [3.8, 4) is 17.2 Å². The van der Waals surface area contributed by atoms with Crippen LogP contribution in [0.4, 0.5) is 0 Å². The maximum Gasteiger partial charge on any atom is 0.257 e. The molecule has 1 fully saturated rings. The van der Waals surface area contributed by atoms with E-state index in [0.717, 1.165) is 23.3 Å². The summed E-state index contributed by atoms with van der Waals surface area (Å²) < 4.78 is 16.9. The lowest BCUT2D eigenvalue weighted by atomic mass is 9.92. The highest BCUT2D eigenvalue weighted by Crippen LogP contribution is 2.32. The molecule has 0 saturated carbocycles. The Bertz CT molecular complexity index is 823. The Hall–Kier alpha value is -2.47. The molecule has 2 aromatic rings. The number of aryl methyl sites for hydroxylation is 2. The van der Waals surface area contributed by atoms with Crippen molar-refractivity contribution < 1.29 is 19.0 Å². The molecule has 0 spiro atoms. The zero-order valence-corrected chi connectivity index (χ0v) is 16.2. The average Bonchev–Trinajstić information content (AvgIpc) is 3.18. The molecule has 1 atom stereocenters. The van der Waals surface area contributed by atoms with Crippen LogP contribution in [0.25, 0.3) is 0 Å². The lowest BCUT2D eigenvalue weighted by Crippen LogP contribution is -2.37.